The molecule has 146 valence electrons. The summed E-state index contributed by atoms with van der Waals surface area (Å²) in [5.41, 5.74) is 8.60. The van der Waals surface area contributed by atoms with Crippen LogP contribution < -0.4 is 0 Å². The molecule has 6 rings (SSSR count). The van der Waals surface area contributed by atoms with Crippen molar-refractivity contribution in [2.24, 2.45) is 0 Å². The van der Waals surface area contributed by atoms with Crippen molar-refractivity contribution in [3.05, 3.63) is 89.9 Å². The van der Waals surface area contributed by atoms with Gasteiger partial charge in [-0.25, -0.2) is 4.39 Å². The van der Waals surface area contributed by atoms with Crippen molar-refractivity contribution in [2.45, 2.75) is 25.7 Å². The zero-order valence-corrected chi connectivity index (χ0v) is 16.5. The fourth-order valence-electron chi connectivity index (χ4n) is 4.70. The van der Waals surface area contributed by atoms with Crippen LogP contribution in [0.3, 0.4) is 0 Å². The Morgan fingerprint density at radius 2 is 1.63 bits per heavy atom. The van der Waals surface area contributed by atoms with E-state index in [9.17, 15) is 4.39 Å². The third-order valence-corrected chi connectivity index (χ3v) is 6.21. The van der Waals surface area contributed by atoms with Gasteiger partial charge in [-0.05, 0) is 84.3 Å². The Morgan fingerprint density at radius 1 is 0.800 bits per heavy atom. The highest BCUT2D eigenvalue weighted by Crippen LogP contribution is 2.39. The largest absolute Gasteiger partial charge is 0.455 e. The second-order valence-corrected chi connectivity index (χ2v) is 8.01. The van der Waals surface area contributed by atoms with Gasteiger partial charge in [-0.15, -0.1) is 0 Å². The summed E-state index contributed by atoms with van der Waals surface area (Å²) < 4.78 is 19.7. The van der Waals surface area contributed by atoms with Gasteiger partial charge in [-0.3, -0.25) is 4.98 Å². The Balaban J connectivity index is 1.55. The normalized spacial score (nSPS) is 13.6. The lowest BCUT2D eigenvalue weighted by molar-refractivity contribution is 0.628. The van der Waals surface area contributed by atoms with E-state index in [1.165, 1.54) is 36.1 Å². The fourth-order valence-corrected chi connectivity index (χ4v) is 4.70. The van der Waals surface area contributed by atoms with Gasteiger partial charge in [0.05, 0.1) is 5.69 Å². The van der Waals surface area contributed by atoms with E-state index in [0.29, 0.717) is 0 Å². The molecule has 0 atom stereocenters. The number of fused-ring (bicyclic) bond motifs is 4. The van der Waals surface area contributed by atoms with Gasteiger partial charge in [0.25, 0.3) is 0 Å². The first-order chi connectivity index (χ1) is 14.8. The van der Waals surface area contributed by atoms with E-state index >= 15 is 0 Å². The zero-order chi connectivity index (χ0) is 20.1. The minimum absolute atomic E-state index is 0.230. The summed E-state index contributed by atoms with van der Waals surface area (Å²) in [6.07, 6.45) is 6.58. The summed E-state index contributed by atoms with van der Waals surface area (Å²) in [5, 5.41) is 2.19. The number of hydrogen-bond acceptors (Lipinski definition) is 2. The van der Waals surface area contributed by atoms with E-state index in [4.69, 9.17) is 9.40 Å². The second-order valence-electron chi connectivity index (χ2n) is 8.01. The molecule has 0 radical (unpaired) electrons. The number of aryl methyl sites for hydroxylation is 1. The number of nitrogens with zero attached hydrogens (tertiary/aromatic N) is 1. The van der Waals surface area contributed by atoms with Crippen LogP contribution in [0.25, 0.3) is 44.3 Å². The Morgan fingerprint density at radius 3 is 2.53 bits per heavy atom. The van der Waals surface area contributed by atoms with E-state index < -0.39 is 0 Å². The van der Waals surface area contributed by atoms with Crippen LogP contribution in [0.5, 0.6) is 0 Å². The smallest absolute Gasteiger partial charge is 0.144 e. The molecule has 30 heavy (non-hydrogen) atoms. The highest BCUT2D eigenvalue weighted by molar-refractivity contribution is 6.10. The van der Waals surface area contributed by atoms with Crippen LogP contribution >= 0.6 is 0 Å². The average molecular weight is 393 g/mol. The van der Waals surface area contributed by atoms with Crippen molar-refractivity contribution in [3.63, 3.8) is 0 Å². The number of halogens is 1. The van der Waals surface area contributed by atoms with Gasteiger partial charge in [0, 0.05) is 22.5 Å². The van der Waals surface area contributed by atoms with E-state index in [-0.39, 0.29) is 5.82 Å². The lowest BCUT2D eigenvalue weighted by atomic mass is 9.89. The molecule has 5 aromatic rings. The van der Waals surface area contributed by atoms with Gasteiger partial charge < -0.3 is 4.42 Å². The minimum Gasteiger partial charge on any atom is -0.455 e. The van der Waals surface area contributed by atoms with Crippen LogP contribution in [0.1, 0.15) is 24.0 Å². The van der Waals surface area contributed by atoms with Crippen LogP contribution in [-0.4, -0.2) is 4.98 Å². The van der Waals surface area contributed by atoms with Gasteiger partial charge in [0.2, 0.25) is 0 Å². The zero-order valence-electron chi connectivity index (χ0n) is 16.5. The van der Waals surface area contributed by atoms with E-state index in [2.05, 4.69) is 36.4 Å². The topological polar surface area (TPSA) is 26.0 Å². The van der Waals surface area contributed by atoms with Crippen LogP contribution in [0, 0.1) is 5.82 Å². The number of hydrogen-bond donors (Lipinski definition) is 0. The van der Waals surface area contributed by atoms with Gasteiger partial charge in [-0.2, -0.15) is 0 Å². The minimum atomic E-state index is -0.230. The molecule has 0 fully saturated rings. The van der Waals surface area contributed by atoms with Crippen LogP contribution in [-0.2, 0) is 12.8 Å². The Labute approximate surface area is 174 Å². The van der Waals surface area contributed by atoms with Crippen molar-refractivity contribution in [1.29, 1.82) is 0 Å². The molecule has 0 saturated heterocycles. The lowest BCUT2D eigenvalue weighted by Crippen LogP contribution is -2.05. The summed E-state index contributed by atoms with van der Waals surface area (Å²) in [7, 11) is 0. The quantitative estimate of drug-likeness (QED) is 0.314. The number of pyridine rings is 1. The Hall–Kier alpha value is -3.46. The molecule has 0 amide bonds. The molecule has 2 aromatic heterocycles. The SMILES string of the molecule is Fc1ccc(-c2ccc3c(c2)oc2c(-c4nccc5c4CCCC5)cccc23)cc1. The summed E-state index contributed by atoms with van der Waals surface area (Å²) >= 11 is 0. The van der Waals surface area contributed by atoms with Gasteiger partial charge in [-0.1, -0.05) is 30.3 Å². The molecule has 2 nitrogen and oxygen atoms in total. The van der Waals surface area contributed by atoms with Crippen molar-refractivity contribution in [2.75, 3.05) is 0 Å². The predicted molar refractivity (Wildman–Crippen MR) is 119 cm³/mol. The van der Waals surface area contributed by atoms with E-state index in [1.54, 1.807) is 12.1 Å². The maximum absolute atomic E-state index is 13.3. The van der Waals surface area contributed by atoms with Gasteiger partial charge in [0.1, 0.15) is 17.0 Å². The molecule has 0 saturated carbocycles. The molecule has 1 aliphatic rings. The highest BCUT2D eigenvalue weighted by atomic mass is 19.1. The number of rotatable bonds is 2. The monoisotopic (exact) mass is 393 g/mol. The molecular weight excluding hydrogens is 373 g/mol. The van der Waals surface area contributed by atoms with E-state index in [1.807, 2.05) is 12.3 Å². The fraction of sp³-hybridized carbons (Fsp3) is 0.148. The van der Waals surface area contributed by atoms with Gasteiger partial charge >= 0.3 is 0 Å². The summed E-state index contributed by atoms with van der Waals surface area (Å²) in [4.78, 5) is 4.76. The maximum Gasteiger partial charge on any atom is 0.144 e. The number of aromatic nitrogens is 1. The van der Waals surface area contributed by atoms with Gasteiger partial charge in [0.15, 0.2) is 0 Å². The number of para-hydroxylation sites is 1. The molecule has 3 aromatic carbocycles. The Bertz CT molecular complexity index is 1400. The molecule has 0 bridgehead atoms. The number of furan rings is 1. The molecule has 3 heteroatoms. The summed E-state index contributed by atoms with van der Waals surface area (Å²) in [6, 6.07) is 21.2. The number of benzene rings is 3. The third kappa shape index (κ3) is 2.73. The Kier molecular flexibility index (Phi) is 3.95. The highest BCUT2D eigenvalue weighted by Gasteiger charge is 2.19. The standard InChI is InChI=1S/C27H20FNO/c28-20-11-8-17(9-12-20)19-10-13-22-23-6-3-7-24(27(23)30-25(22)16-19)26-21-5-2-1-4-18(21)14-15-29-26/h3,6-16H,1-2,4-5H2. The lowest BCUT2D eigenvalue weighted by Gasteiger charge is -2.18. The van der Waals surface area contributed by atoms with Crippen LogP contribution in [0.4, 0.5) is 4.39 Å². The van der Waals surface area contributed by atoms with Crippen molar-refractivity contribution >= 4 is 21.9 Å². The van der Waals surface area contributed by atoms with Crippen LogP contribution in [0.2, 0.25) is 0 Å². The van der Waals surface area contributed by atoms with Crippen molar-refractivity contribution in [1.82, 2.24) is 4.98 Å². The van der Waals surface area contributed by atoms with E-state index in [0.717, 1.165) is 57.2 Å². The maximum atomic E-state index is 13.3. The molecular formula is C27H20FNO. The first-order valence-corrected chi connectivity index (χ1v) is 10.5. The average Bonchev–Trinajstić information content (AvgIpc) is 3.17. The summed E-state index contributed by atoms with van der Waals surface area (Å²) in [5.74, 6) is -0.230. The molecule has 0 spiro atoms. The molecule has 2 heterocycles. The molecule has 0 aliphatic heterocycles. The van der Waals surface area contributed by atoms with Crippen molar-refractivity contribution < 1.29 is 8.81 Å². The molecule has 1 aliphatic carbocycles. The second kappa shape index (κ2) is 6.81. The summed E-state index contributed by atoms with van der Waals surface area (Å²) in [6.45, 7) is 0. The van der Waals surface area contributed by atoms with Crippen LogP contribution in [0.15, 0.2) is 77.3 Å². The first kappa shape index (κ1) is 17.4. The molecule has 0 unspecified atom stereocenters. The van der Waals surface area contributed by atoms with Crippen molar-refractivity contribution in [3.8, 4) is 22.4 Å². The predicted octanol–water partition coefficient (Wildman–Crippen LogP) is 7.33. The first-order valence-electron chi connectivity index (χ1n) is 10.5. The third-order valence-electron chi connectivity index (χ3n) is 6.21. The molecule has 0 N–H and O–H groups in total.